The van der Waals surface area contributed by atoms with Gasteiger partial charge in [-0.1, -0.05) is 20.3 Å². The molecule has 1 fully saturated rings. The van der Waals surface area contributed by atoms with Crippen molar-refractivity contribution in [1.29, 1.82) is 0 Å². The highest BCUT2D eigenvalue weighted by Gasteiger charge is 2.24. The van der Waals surface area contributed by atoms with Gasteiger partial charge in [-0.05, 0) is 24.7 Å². The van der Waals surface area contributed by atoms with Gasteiger partial charge in [0.25, 0.3) is 0 Å². The molecule has 0 bridgehead atoms. The van der Waals surface area contributed by atoms with E-state index >= 15 is 0 Å². The summed E-state index contributed by atoms with van der Waals surface area (Å²) >= 11 is 0. The Hall–Kier alpha value is -0.120. The topological polar surface area (TPSA) is 41.5 Å². The van der Waals surface area contributed by atoms with E-state index in [4.69, 9.17) is 9.84 Å². The Morgan fingerprint density at radius 1 is 1.27 bits per heavy atom. The van der Waals surface area contributed by atoms with Crippen molar-refractivity contribution >= 4 is 0 Å². The first-order valence-electron chi connectivity index (χ1n) is 6.16. The molecule has 3 atom stereocenters. The minimum atomic E-state index is 0.122. The Bertz CT molecular complexity index is 164. The van der Waals surface area contributed by atoms with Crippen molar-refractivity contribution in [2.24, 2.45) is 11.8 Å². The fraction of sp³-hybridized carbons (Fsp3) is 1.00. The molecule has 0 heterocycles. The lowest BCUT2D eigenvalue weighted by Crippen LogP contribution is -2.41. The zero-order valence-electron chi connectivity index (χ0n) is 10.0. The van der Waals surface area contributed by atoms with Gasteiger partial charge in [-0.2, -0.15) is 0 Å². The molecular weight excluding hydrogens is 190 g/mol. The van der Waals surface area contributed by atoms with Crippen LogP contribution in [0, 0.1) is 11.8 Å². The van der Waals surface area contributed by atoms with E-state index < -0.39 is 0 Å². The second-order valence-corrected chi connectivity index (χ2v) is 4.79. The van der Waals surface area contributed by atoms with Gasteiger partial charge < -0.3 is 15.2 Å². The monoisotopic (exact) mass is 215 g/mol. The van der Waals surface area contributed by atoms with Gasteiger partial charge in [0.15, 0.2) is 0 Å². The van der Waals surface area contributed by atoms with Crippen LogP contribution in [0.4, 0.5) is 0 Å². The Balaban J connectivity index is 2.08. The zero-order chi connectivity index (χ0) is 11.1. The van der Waals surface area contributed by atoms with Crippen LogP contribution in [0.1, 0.15) is 33.1 Å². The number of aliphatic hydroxyl groups excluding tert-OH is 1. The fourth-order valence-electron chi connectivity index (χ4n) is 2.30. The van der Waals surface area contributed by atoms with Gasteiger partial charge >= 0.3 is 0 Å². The summed E-state index contributed by atoms with van der Waals surface area (Å²) in [5, 5.41) is 12.1. The Morgan fingerprint density at radius 3 is 2.80 bits per heavy atom. The molecule has 1 saturated carbocycles. The van der Waals surface area contributed by atoms with Crippen molar-refractivity contribution in [3.63, 3.8) is 0 Å². The Labute approximate surface area is 93.2 Å². The van der Waals surface area contributed by atoms with E-state index in [2.05, 4.69) is 19.2 Å². The normalized spacial score (nSPS) is 31.8. The first-order chi connectivity index (χ1) is 7.24. The summed E-state index contributed by atoms with van der Waals surface area (Å²) in [5.74, 6) is 1.65. The molecule has 1 aliphatic rings. The van der Waals surface area contributed by atoms with Crippen LogP contribution in [0.25, 0.3) is 0 Å². The van der Waals surface area contributed by atoms with Gasteiger partial charge in [0.2, 0.25) is 0 Å². The van der Waals surface area contributed by atoms with Gasteiger partial charge in [-0.15, -0.1) is 0 Å². The summed E-state index contributed by atoms with van der Waals surface area (Å²) in [6.07, 6.45) is 4.01. The van der Waals surface area contributed by atoms with Crippen LogP contribution >= 0.6 is 0 Å². The van der Waals surface area contributed by atoms with Crippen LogP contribution in [0.5, 0.6) is 0 Å². The predicted octanol–water partition coefficient (Wildman–Crippen LogP) is 1.41. The number of aliphatic hydroxyl groups is 1. The first kappa shape index (κ1) is 12.9. The first-order valence-corrected chi connectivity index (χ1v) is 6.16. The SMILES string of the molecule is CC1CCC(C)C(NCCOCCO)C1. The van der Waals surface area contributed by atoms with Crippen molar-refractivity contribution in [1.82, 2.24) is 5.32 Å². The molecule has 1 aliphatic carbocycles. The van der Waals surface area contributed by atoms with Gasteiger partial charge in [0, 0.05) is 12.6 Å². The van der Waals surface area contributed by atoms with Gasteiger partial charge in [0.05, 0.1) is 19.8 Å². The summed E-state index contributed by atoms with van der Waals surface area (Å²) in [5.41, 5.74) is 0. The highest BCUT2D eigenvalue weighted by Crippen LogP contribution is 2.28. The maximum atomic E-state index is 8.55. The molecule has 15 heavy (non-hydrogen) atoms. The quantitative estimate of drug-likeness (QED) is 0.658. The highest BCUT2D eigenvalue weighted by molar-refractivity contribution is 4.80. The molecule has 90 valence electrons. The van der Waals surface area contributed by atoms with Crippen molar-refractivity contribution in [2.45, 2.75) is 39.2 Å². The summed E-state index contributed by atoms with van der Waals surface area (Å²) in [4.78, 5) is 0. The number of hydrogen-bond acceptors (Lipinski definition) is 3. The second kappa shape index (κ2) is 7.20. The third-order valence-electron chi connectivity index (χ3n) is 3.35. The van der Waals surface area contributed by atoms with Gasteiger partial charge in [-0.25, -0.2) is 0 Å². The molecule has 3 heteroatoms. The number of ether oxygens (including phenoxy) is 1. The third kappa shape index (κ3) is 4.96. The molecule has 0 radical (unpaired) electrons. The largest absolute Gasteiger partial charge is 0.394 e. The molecule has 3 nitrogen and oxygen atoms in total. The summed E-state index contributed by atoms with van der Waals surface area (Å²) < 4.78 is 5.22. The average Bonchev–Trinajstić information content (AvgIpc) is 2.23. The molecule has 0 aromatic heterocycles. The second-order valence-electron chi connectivity index (χ2n) is 4.79. The summed E-state index contributed by atoms with van der Waals surface area (Å²) in [6.45, 7) is 6.86. The Kier molecular flexibility index (Phi) is 6.22. The molecule has 0 aliphatic heterocycles. The molecule has 3 unspecified atom stereocenters. The van der Waals surface area contributed by atoms with E-state index in [-0.39, 0.29) is 6.61 Å². The zero-order valence-corrected chi connectivity index (χ0v) is 10.0. The van der Waals surface area contributed by atoms with E-state index in [1.54, 1.807) is 0 Å². The van der Waals surface area contributed by atoms with Gasteiger partial charge in [-0.3, -0.25) is 0 Å². The standard InChI is InChI=1S/C12H25NO2/c1-10-3-4-11(2)12(9-10)13-5-7-15-8-6-14/h10-14H,3-9H2,1-2H3. The van der Waals surface area contributed by atoms with Crippen LogP contribution in [-0.4, -0.2) is 37.5 Å². The number of rotatable bonds is 6. The fourth-order valence-corrected chi connectivity index (χ4v) is 2.30. The highest BCUT2D eigenvalue weighted by atomic mass is 16.5. The molecule has 1 rings (SSSR count). The average molecular weight is 215 g/mol. The van der Waals surface area contributed by atoms with Gasteiger partial charge in [0.1, 0.15) is 0 Å². The van der Waals surface area contributed by atoms with E-state index in [1.807, 2.05) is 0 Å². The molecular formula is C12H25NO2. The Morgan fingerprint density at radius 2 is 2.07 bits per heavy atom. The van der Waals surface area contributed by atoms with Crippen molar-refractivity contribution in [3.8, 4) is 0 Å². The van der Waals surface area contributed by atoms with E-state index in [9.17, 15) is 0 Å². The van der Waals surface area contributed by atoms with Crippen LogP contribution in [0.2, 0.25) is 0 Å². The molecule has 2 N–H and O–H groups in total. The minimum Gasteiger partial charge on any atom is -0.394 e. The molecule has 0 saturated heterocycles. The van der Waals surface area contributed by atoms with Crippen LogP contribution < -0.4 is 5.32 Å². The van der Waals surface area contributed by atoms with Crippen molar-refractivity contribution in [2.75, 3.05) is 26.4 Å². The van der Waals surface area contributed by atoms with E-state index in [0.29, 0.717) is 19.3 Å². The summed E-state index contributed by atoms with van der Waals surface area (Å²) in [6, 6.07) is 0.659. The lowest BCUT2D eigenvalue weighted by molar-refractivity contribution is 0.0892. The maximum Gasteiger partial charge on any atom is 0.0698 e. The van der Waals surface area contributed by atoms with Crippen molar-refractivity contribution in [3.05, 3.63) is 0 Å². The van der Waals surface area contributed by atoms with E-state index in [0.717, 1.165) is 18.4 Å². The van der Waals surface area contributed by atoms with Crippen LogP contribution in [-0.2, 0) is 4.74 Å². The predicted molar refractivity (Wildman–Crippen MR) is 61.9 cm³/mol. The van der Waals surface area contributed by atoms with Crippen molar-refractivity contribution < 1.29 is 9.84 Å². The lowest BCUT2D eigenvalue weighted by atomic mass is 9.80. The number of hydrogen-bond donors (Lipinski definition) is 2. The smallest absolute Gasteiger partial charge is 0.0698 e. The van der Waals surface area contributed by atoms with E-state index in [1.165, 1.54) is 19.3 Å². The molecule has 0 amide bonds. The minimum absolute atomic E-state index is 0.122. The maximum absolute atomic E-state index is 8.55. The molecule has 0 aromatic rings. The number of nitrogens with one attached hydrogen (secondary N) is 1. The van der Waals surface area contributed by atoms with Crippen LogP contribution in [0.15, 0.2) is 0 Å². The van der Waals surface area contributed by atoms with Crippen LogP contribution in [0.3, 0.4) is 0 Å². The summed E-state index contributed by atoms with van der Waals surface area (Å²) in [7, 11) is 0. The third-order valence-corrected chi connectivity index (χ3v) is 3.35. The molecule has 0 spiro atoms. The molecule has 0 aromatic carbocycles. The lowest BCUT2D eigenvalue weighted by Gasteiger charge is -2.33.